The molecule has 0 saturated carbocycles. The topological polar surface area (TPSA) is 112 Å². The molecule has 2 atom stereocenters. The number of aliphatic imine (C=N–C) groups is 1. The number of hydrogen-bond acceptors (Lipinski definition) is 8. The molecule has 2 unspecified atom stereocenters. The van der Waals surface area contributed by atoms with Crippen LogP contribution < -0.4 is 15.8 Å². The van der Waals surface area contributed by atoms with Gasteiger partial charge in [-0.2, -0.15) is 9.37 Å². The van der Waals surface area contributed by atoms with Gasteiger partial charge in [-0.05, 0) is 18.2 Å². The van der Waals surface area contributed by atoms with Gasteiger partial charge in [0, 0.05) is 22.9 Å². The third-order valence-electron chi connectivity index (χ3n) is 4.87. The van der Waals surface area contributed by atoms with Crippen LogP contribution in [0.25, 0.3) is 0 Å². The van der Waals surface area contributed by atoms with Crippen molar-refractivity contribution in [1.82, 2.24) is 9.97 Å². The predicted molar refractivity (Wildman–Crippen MR) is 103 cm³/mol. The van der Waals surface area contributed by atoms with E-state index in [4.69, 9.17) is 15.2 Å². The molecule has 3 N–H and O–H groups in total. The molecule has 2 aliphatic rings. The lowest BCUT2D eigenvalue weighted by Crippen LogP contribution is -2.40. The Labute approximate surface area is 168 Å². The van der Waals surface area contributed by atoms with Gasteiger partial charge >= 0.3 is 0 Å². The average molecular weight is 421 g/mol. The molecule has 1 saturated heterocycles. The van der Waals surface area contributed by atoms with Gasteiger partial charge in [0.1, 0.15) is 11.4 Å². The standard InChI is InChI=1S/C18H17F2N5O3S/c1-27-16-14(22-5-13(20)24-16)15(26)23-10-2-3-12(19)11(4-10)18-8-28-6-9(18)7-29-17(21)25-18/h2-5,9H,6-8H2,1H3,(H2,21,25)(H,23,26). The Bertz CT molecular complexity index is 1010. The summed E-state index contributed by atoms with van der Waals surface area (Å²) in [6, 6.07) is 4.16. The van der Waals surface area contributed by atoms with E-state index in [9.17, 15) is 13.6 Å². The van der Waals surface area contributed by atoms with Crippen molar-refractivity contribution in [2.45, 2.75) is 5.54 Å². The lowest BCUT2D eigenvalue weighted by Gasteiger charge is -2.34. The molecule has 0 bridgehead atoms. The van der Waals surface area contributed by atoms with Crippen molar-refractivity contribution in [3.05, 3.63) is 47.4 Å². The number of methoxy groups -OCH3 is 1. The third-order valence-corrected chi connectivity index (χ3v) is 5.82. The van der Waals surface area contributed by atoms with Gasteiger partial charge < -0.3 is 20.5 Å². The van der Waals surface area contributed by atoms with E-state index in [0.29, 0.717) is 28.8 Å². The number of nitrogens with zero attached hydrogens (tertiary/aromatic N) is 3. The van der Waals surface area contributed by atoms with Gasteiger partial charge in [0.15, 0.2) is 10.9 Å². The number of amides is 1. The number of nitrogens with two attached hydrogens (primary N) is 1. The van der Waals surface area contributed by atoms with Crippen LogP contribution in [0.3, 0.4) is 0 Å². The summed E-state index contributed by atoms with van der Waals surface area (Å²) in [5.74, 6) is -1.66. The van der Waals surface area contributed by atoms with E-state index >= 15 is 0 Å². The van der Waals surface area contributed by atoms with Crippen LogP contribution in [0.15, 0.2) is 29.4 Å². The SMILES string of the molecule is COc1nc(F)cnc1C(=O)Nc1ccc(F)c(C23COCC2CSC(N)=N3)c1. The van der Waals surface area contributed by atoms with Crippen molar-refractivity contribution in [2.24, 2.45) is 16.6 Å². The highest BCUT2D eigenvalue weighted by atomic mass is 32.2. The van der Waals surface area contributed by atoms with Gasteiger partial charge in [0.2, 0.25) is 11.8 Å². The second kappa shape index (κ2) is 7.56. The first-order valence-corrected chi connectivity index (χ1v) is 9.65. The number of carbonyl (C=O) groups excluding carboxylic acids is 1. The highest BCUT2D eigenvalue weighted by molar-refractivity contribution is 8.13. The fourth-order valence-corrected chi connectivity index (χ4v) is 4.44. The molecule has 29 heavy (non-hydrogen) atoms. The number of halogens is 2. The van der Waals surface area contributed by atoms with Crippen LogP contribution in [0.5, 0.6) is 5.88 Å². The molecule has 1 aromatic heterocycles. The Kier molecular flexibility index (Phi) is 5.09. The number of benzene rings is 1. The van der Waals surface area contributed by atoms with Crippen LogP contribution in [0, 0.1) is 17.7 Å². The fraction of sp³-hybridized carbons (Fsp3) is 0.333. The largest absolute Gasteiger partial charge is 0.479 e. The molecule has 1 aromatic carbocycles. The Morgan fingerprint density at radius 3 is 3.07 bits per heavy atom. The van der Waals surface area contributed by atoms with E-state index < -0.39 is 23.2 Å². The second-order valence-electron chi connectivity index (χ2n) is 6.60. The quantitative estimate of drug-likeness (QED) is 0.776. The van der Waals surface area contributed by atoms with E-state index in [1.165, 1.54) is 37.1 Å². The Hall–Kier alpha value is -2.79. The van der Waals surface area contributed by atoms with Gasteiger partial charge in [0.25, 0.3) is 5.91 Å². The maximum absolute atomic E-state index is 14.8. The number of anilines is 1. The van der Waals surface area contributed by atoms with Crippen molar-refractivity contribution in [2.75, 3.05) is 31.4 Å². The summed E-state index contributed by atoms with van der Waals surface area (Å²) in [5.41, 5.74) is 5.37. The number of amidine groups is 1. The molecule has 3 heterocycles. The molecule has 152 valence electrons. The number of aromatic nitrogens is 2. The minimum Gasteiger partial charge on any atom is -0.479 e. The number of fused-ring (bicyclic) bond motifs is 1. The van der Waals surface area contributed by atoms with Crippen LogP contribution in [-0.4, -0.2) is 47.1 Å². The Morgan fingerprint density at radius 1 is 1.45 bits per heavy atom. The third kappa shape index (κ3) is 3.51. The molecule has 0 spiro atoms. The maximum atomic E-state index is 14.8. The van der Waals surface area contributed by atoms with Crippen LogP contribution >= 0.6 is 11.8 Å². The average Bonchev–Trinajstić information content (AvgIpc) is 3.13. The summed E-state index contributed by atoms with van der Waals surface area (Å²) in [7, 11) is 1.25. The molecule has 8 nitrogen and oxygen atoms in total. The summed E-state index contributed by atoms with van der Waals surface area (Å²) in [6.45, 7) is 0.646. The first-order valence-electron chi connectivity index (χ1n) is 8.66. The normalized spacial score (nSPS) is 23.3. The lowest BCUT2D eigenvalue weighted by atomic mass is 9.81. The van der Waals surface area contributed by atoms with Gasteiger partial charge in [-0.3, -0.25) is 4.79 Å². The minimum absolute atomic E-state index is 0.0386. The molecule has 1 fully saturated rings. The zero-order chi connectivity index (χ0) is 20.6. The Morgan fingerprint density at radius 2 is 2.28 bits per heavy atom. The minimum atomic E-state index is -0.937. The first-order chi connectivity index (χ1) is 13.9. The van der Waals surface area contributed by atoms with Crippen molar-refractivity contribution >= 4 is 28.5 Å². The highest BCUT2D eigenvalue weighted by Crippen LogP contribution is 2.45. The zero-order valence-electron chi connectivity index (χ0n) is 15.3. The second-order valence-corrected chi connectivity index (χ2v) is 7.64. The molecule has 0 radical (unpaired) electrons. The summed E-state index contributed by atoms with van der Waals surface area (Å²) < 4.78 is 38.5. The molecule has 11 heteroatoms. The van der Waals surface area contributed by atoms with Crippen LogP contribution in [-0.2, 0) is 10.3 Å². The van der Waals surface area contributed by atoms with Gasteiger partial charge in [-0.1, -0.05) is 11.8 Å². The molecular weight excluding hydrogens is 404 g/mol. The number of nitrogens with one attached hydrogen (secondary N) is 1. The van der Waals surface area contributed by atoms with Gasteiger partial charge in [-0.15, -0.1) is 0 Å². The fourth-order valence-electron chi connectivity index (χ4n) is 3.47. The monoisotopic (exact) mass is 421 g/mol. The summed E-state index contributed by atoms with van der Waals surface area (Å²) >= 11 is 1.41. The van der Waals surface area contributed by atoms with E-state index in [-0.39, 0.29) is 24.1 Å². The van der Waals surface area contributed by atoms with Gasteiger partial charge in [-0.25, -0.2) is 14.4 Å². The molecule has 2 aromatic rings. The molecule has 1 amide bonds. The smallest absolute Gasteiger partial charge is 0.279 e. The number of thioether (sulfide) groups is 1. The van der Waals surface area contributed by atoms with E-state index in [1.54, 1.807) is 0 Å². The molecular formula is C18H17F2N5O3S. The summed E-state index contributed by atoms with van der Waals surface area (Å²) in [6.07, 6.45) is 0.810. The van der Waals surface area contributed by atoms with E-state index in [1.807, 2.05) is 0 Å². The van der Waals surface area contributed by atoms with Crippen molar-refractivity contribution < 1.29 is 23.0 Å². The van der Waals surface area contributed by atoms with Crippen LogP contribution in [0.1, 0.15) is 16.1 Å². The summed E-state index contributed by atoms with van der Waals surface area (Å²) in [4.78, 5) is 24.3. The maximum Gasteiger partial charge on any atom is 0.279 e. The van der Waals surface area contributed by atoms with Crippen molar-refractivity contribution in [3.63, 3.8) is 0 Å². The number of ether oxygens (including phenoxy) is 2. The molecule has 4 rings (SSSR count). The number of carbonyl (C=O) groups is 1. The van der Waals surface area contributed by atoms with Crippen molar-refractivity contribution in [3.8, 4) is 5.88 Å². The number of rotatable bonds is 4. The van der Waals surface area contributed by atoms with E-state index in [0.717, 1.165) is 6.20 Å². The van der Waals surface area contributed by atoms with E-state index in [2.05, 4.69) is 20.3 Å². The van der Waals surface area contributed by atoms with Crippen LogP contribution in [0.2, 0.25) is 0 Å². The summed E-state index contributed by atoms with van der Waals surface area (Å²) in [5, 5.41) is 2.98. The lowest BCUT2D eigenvalue weighted by molar-refractivity contribution is 0.101. The van der Waals surface area contributed by atoms with Crippen LogP contribution in [0.4, 0.5) is 14.5 Å². The zero-order valence-corrected chi connectivity index (χ0v) is 16.1. The first kappa shape index (κ1) is 19.5. The number of hydrogen-bond donors (Lipinski definition) is 2. The molecule has 0 aliphatic carbocycles. The highest BCUT2D eigenvalue weighted by Gasteiger charge is 2.49. The van der Waals surface area contributed by atoms with Crippen molar-refractivity contribution in [1.29, 1.82) is 0 Å². The Balaban J connectivity index is 1.68. The predicted octanol–water partition coefficient (Wildman–Crippen LogP) is 1.92. The molecule has 2 aliphatic heterocycles. The van der Waals surface area contributed by atoms with Gasteiger partial charge in [0.05, 0.1) is 26.5 Å².